The molecule has 0 radical (unpaired) electrons. The third kappa shape index (κ3) is 168000000. The van der Waals surface area contributed by atoms with Crippen molar-refractivity contribution in [3.05, 3.63) is 40.1 Å². The molecule has 0 aliphatic carbocycles. The second-order valence-electron chi connectivity index (χ2n) is 0.819. The lowest BCUT2D eigenvalue weighted by molar-refractivity contribution is -0.742. The van der Waals surface area contributed by atoms with Crippen LogP contribution >= 0.6 is 0 Å². The Morgan fingerprint density at radius 2 is 0.681 bits per heavy atom. The van der Waals surface area contributed by atoms with Crippen LogP contribution in [0.15, 0.2) is 15.8 Å². The van der Waals surface area contributed by atoms with Crippen molar-refractivity contribution in [2.75, 3.05) is 0 Å². The molecule has 28 heteroatoms. The summed E-state index contributed by atoms with van der Waals surface area (Å²) in [6, 6.07) is 0. The van der Waals surface area contributed by atoms with Crippen molar-refractivity contribution < 1.29 is 67.8 Å². The van der Waals surface area contributed by atoms with Crippen LogP contribution in [0.3, 0.4) is 0 Å². The van der Waals surface area contributed by atoms with Crippen LogP contribution in [0.2, 0.25) is 0 Å². The van der Waals surface area contributed by atoms with Crippen LogP contribution in [0.5, 0.6) is 0 Å². The normalized spacial score (nSPS) is 2.89. The maximum absolute atomic E-state index is 8.36. The fourth-order valence-corrected chi connectivity index (χ4v) is 0.0434. The highest BCUT2D eigenvalue weighted by atomic mass is 17.5. The molecule has 0 spiro atoms. The number of hydrogen-bond donors (Lipinski definition) is 7. The van der Waals surface area contributed by atoms with Gasteiger partial charge in [0.2, 0.25) is 0 Å². The first-order chi connectivity index (χ1) is 12.0. The summed E-state index contributed by atoms with van der Waals surface area (Å²) >= 11 is 0. The van der Waals surface area contributed by atoms with E-state index in [1.165, 1.54) is 0 Å². The van der Waals surface area contributed by atoms with Gasteiger partial charge in [-0.2, -0.15) is 15.2 Å². The molecular formula is C19H87N8O20-5. The quantitative estimate of drug-likeness (QED) is 0.0268. The zero-order chi connectivity index (χ0) is 22.5. The van der Waals surface area contributed by atoms with Gasteiger partial charge in [0.05, 0.1) is 0 Å². The number of nitrogens with two attached hydrogens (primary N) is 2. The van der Waals surface area contributed by atoms with Gasteiger partial charge in [0.15, 0.2) is 0 Å². The van der Waals surface area contributed by atoms with Crippen LogP contribution in [0, 0.1) is 50.9 Å². The second kappa shape index (κ2) is 1970. The van der Waals surface area contributed by atoms with Crippen molar-refractivity contribution in [3.63, 3.8) is 0 Å². The Morgan fingerprint density at radius 3 is 0.745 bits per heavy atom. The largest absolute Gasteiger partial charge is 2.00 e. The first-order valence-electron chi connectivity index (χ1n) is 3.24. The van der Waals surface area contributed by atoms with E-state index in [0.717, 1.165) is 0 Å². The zero-order valence-corrected chi connectivity index (χ0v) is 12.3. The fourth-order valence-electron chi connectivity index (χ4n) is 0.0434. The van der Waals surface area contributed by atoms with E-state index >= 15 is 0 Å². The maximum atomic E-state index is 8.36. The molecule has 328 valence electrons. The molecule has 0 aromatic heterocycles. The van der Waals surface area contributed by atoms with Gasteiger partial charge < -0.3 is 32.7 Å². The SMILES string of the molecule is C.C.C.C.C.C.C.C.C.C.C.C.C.C.C.C.C.C.C.N#N.NN=O.N[O-].O.O=O.O=O.O=[N+]([O-])O.OO/N=N/OOO.OOO.[O-2].[O-2]. The third-order valence-corrected chi connectivity index (χ3v) is 0.137. The maximum Gasteiger partial charge on any atom is 0.291 e. The molecule has 0 aromatic rings. The Morgan fingerprint density at radius 1 is 0.574 bits per heavy atom. The van der Waals surface area contributed by atoms with E-state index in [1.54, 1.807) is 5.29 Å². The molecular weight excluding hydrogens is 660 g/mol. The molecule has 0 rings (SSSR count). The highest BCUT2D eigenvalue weighted by Gasteiger charge is 1.70. The number of hydrogen-bond acceptors (Lipinski definition) is 22. The lowest BCUT2D eigenvalue weighted by Gasteiger charge is -2.00. The van der Waals surface area contributed by atoms with Crippen LogP contribution in [0.25, 0.3) is 0 Å². The van der Waals surface area contributed by atoms with Gasteiger partial charge in [-0.3, -0.25) is 5.84 Å². The Labute approximate surface area is 288 Å². The molecule has 28 nitrogen and oxygen atoms in total. The highest BCUT2D eigenvalue weighted by molar-refractivity contribution is 4.08. The van der Waals surface area contributed by atoms with Gasteiger partial charge in [-0.15, -0.1) is 15.0 Å². The standard InChI is InChI=1S/19CH4.H2N2O5.H2N2O.N2.HNO3.H2NO.H2O3.2O2.H2O.2O/c;;;;;;;;;;;;;;;;;;;3-5-1-2-6-7-4;1-2-3;1-2;2-1(3)4;1-2;1-3-2;2*1-2;;;/h19*1H4;3-4H;(H2,1,3);;(H,2,3,4);1H2;1-2H;;;1H2;;/q;;;;;;;;;;;;;;;;;;;;;;;-1;;;;;2*-2/b;;;;;;;;;;;;;;;;;;;2-1+;;;;;;;;;;. The summed E-state index contributed by atoms with van der Waals surface area (Å²) in [5, 5.41) is 72.8. The molecule has 47 heavy (non-hydrogen) atoms. The van der Waals surface area contributed by atoms with Crippen molar-refractivity contribution >= 4 is 0 Å². The Hall–Kier alpha value is -4.02. The molecule has 0 aliphatic rings. The van der Waals surface area contributed by atoms with Crippen molar-refractivity contribution in [2.45, 2.75) is 141 Å². The van der Waals surface area contributed by atoms with E-state index < -0.39 is 5.09 Å². The fraction of sp³-hybridized carbons (Fsp3) is 1.00. The van der Waals surface area contributed by atoms with Crippen LogP contribution in [0.4, 0.5) is 0 Å². The van der Waals surface area contributed by atoms with Gasteiger partial charge >= 0.3 is 0 Å². The predicted octanol–water partition coefficient (Wildman–Crippen LogP) is 10.0. The van der Waals surface area contributed by atoms with Crippen LogP contribution in [-0.4, -0.2) is 36.8 Å². The average Bonchev–Trinajstić information content (AvgIpc) is 2.63. The van der Waals surface area contributed by atoms with Crippen LogP contribution in [0.1, 0.15) is 141 Å². The van der Waals surface area contributed by atoms with Gasteiger partial charge in [-0.05, 0) is 0 Å². The van der Waals surface area contributed by atoms with E-state index in [4.69, 9.17) is 77.1 Å². The van der Waals surface area contributed by atoms with Gasteiger partial charge in [0.1, 0.15) is 10.6 Å². The smallest absolute Gasteiger partial charge is 0.291 e. The monoisotopic (exact) mass is 748 g/mol. The molecule has 0 heterocycles. The molecule has 0 unspecified atom stereocenters. The molecule has 0 aliphatic heterocycles. The Kier molecular flexibility index (Phi) is 18900. The first kappa shape index (κ1) is 450. The number of nitrogens with zero attached hydrogens (tertiary/aromatic N) is 6. The molecule has 0 atom stereocenters. The molecule has 0 amide bonds. The van der Waals surface area contributed by atoms with E-state index in [1.807, 2.05) is 0 Å². The van der Waals surface area contributed by atoms with Gasteiger partial charge in [-0.25, -0.2) is 15.8 Å². The summed E-state index contributed by atoms with van der Waals surface area (Å²) < 4.78 is 0. The molecule has 0 saturated heterocycles. The Bertz CT molecular complexity index is 257. The summed E-state index contributed by atoms with van der Waals surface area (Å²) in [6.07, 6.45) is 0. The summed E-state index contributed by atoms with van der Waals surface area (Å²) in [6.45, 7) is 0. The average molecular weight is 748 g/mol. The molecule has 0 saturated carbocycles. The van der Waals surface area contributed by atoms with E-state index in [-0.39, 0.29) is 158 Å². The molecule has 0 fully saturated rings. The summed E-state index contributed by atoms with van der Waals surface area (Å²) in [7, 11) is 0. The predicted molar refractivity (Wildman–Crippen MR) is 196 cm³/mol. The van der Waals surface area contributed by atoms with Crippen molar-refractivity contribution in [1.29, 1.82) is 10.8 Å². The van der Waals surface area contributed by atoms with Gasteiger partial charge in [-0.1, -0.05) is 146 Å². The van der Waals surface area contributed by atoms with Crippen molar-refractivity contribution in [3.8, 4) is 0 Å². The van der Waals surface area contributed by atoms with Gasteiger partial charge in [0, 0.05) is 41.0 Å². The zero-order valence-electron chi connectivity index (χ0n) is 12.3. The lowest BCUT2D eigenvalue weighted by atomic mass is 12.0. The minimum Gasteiger partial charge on any atom is -2.00 e. The third-order valence-electron chi connectivity index (χ3n) is 0.137. The summed E-state index contributed by atoms with van der Waals surface area (Å²) in [4.78, 5) is 51.0. The second-order valence-corrected chi connectivity index (χ2v) is 0.819. The topological polar surface area (TPSA) is 515 Å². The molecule has 0 aromatic carbocycles. The van der Waals surface area contributed by atoms with Gasteiger partial charge in [0.25, 0.3) is 5.09 Å². The Balaban J connectivity index is -0.00000000243. The number of nitroso groups, excluding NO2 is 1. The minimum absolute atomic E-state index is 0. The number of rotatable bonds is 3. The lowest BCUT2D eigenvalue weighted by Crippen LogP contribution is -1.81. The highest BCUT2D eigenvalue weighted by Crippen LogP contribution is 1.75. The van der Waals surface area contributed by atoms with Crippen LogP contribution in [-0.2, 0) is 31.0 Å². The van der Waals surface area contributed by atoms with E-state index in [0.29, 0.717) is 0 Å². The molecule has 0 bridgehead atoms. The van der Waals surface area contributed by atoms with Crippen molar-refractivity contribution in [2.24, 2.45) is 27.6 Å². The van der Waals surface area contributed by atoms with Crippen molar-refractivity contribution in [1.82, 2.24) is 0 Å². The van der Waals surface area contributed by atoms with Crippen LogP contribution < -0.4 is 11.7 Å². The first-order valence-corrected chi connectivity index (χ1v) is 3.24. The molecule has 11 N–H and O–H groups in total. The minimum atomic E-state index is -1.50. The van der Waals surface area contributed by atoms with E-state index in [9.17, 15) is 0 Å². The van der Waals surface area contributed by atoms with E-state index in [2.05, 4.69) is 42.3 Å². The summed E-state index contributed by atoms with van der Waals surface area (Å²) in [5.41, 5.74) is 0. The summed E-state index contributed by atoms with van der Waals surface area (Å²) in [5.74, 6) is 7.17.